The number of hydrazine groups is 2. The van der Waals surface area contributed by atoms with Crippen LogP contribution in [0.15, 0.2) is 72.4 Å². The van der Waals surface area contributed by atoms with E-state index in [4.69, 9.17) is 29.3 Å². The van der Waals surface area contributed by atoms with Crippen molar-refractivity contribution in [3.05, 3.63) is 83.6 Å². The van der Waals surface area contributed by atoms with E-state index in [2.05, 4.69) is 16.3 Å². The molecule has 2 aromatic carbocycles. The lowest BCUT2D eigenvalue weighted by Crippen LogP contribution is -2.49. The maximum Gasteiger partial charge on any atom is 0.277 e. The van der Waals surface area contributed by atoms with Crippen LogP contribution < -0.4 is 16.3 Å². The number of carbonyl (C=O) groups excluding carboxylic acids is 2. The van der Waals surface area contributed by atoms with E-state index in [1.165, 1.54) is 17.1 Å². The molecule has 162 valence electrons. The predicted molar refractivity (Wildman–Crippen MR) is 126 cm³/mol. The SMILES string of the molecule is CONC=C(C(=O)NN(C)C(=S)c1ccccc1)C(=O)NN(C)C(=S)c1ccccc1. The smallest absolute Gasteiger partial charge is 0.277 e. The van der Waals surface area contributed by atoms with Crippen LogP contribution in [0.2, 0.25) is 0 Å². The Bertz CT molecular complexity index is 894. The molecular formula is C21H23N5O3S2. The Morgan fingerprint density at radius 3 is 1.55 bits per heavy atom. The fourth-order valence-electron chi connectivity index (χ4n) is 2.43. The Kier molecular flexibility index (Phi) is 9.07. The molecule has 2 amide bonds. The second-order valence-electron chi connectivity index (χ2n) is 6.22. The van der Waals surface area contributed by atoms with Crippen LogP contribution in [0.3, 0.4) is 0 Å². The molecule has 0 aliphatic rings. The predicted octanol–water partition coefficient (Wildman–Crippen LogP) is 1.70. The van der Waals surface area contributed by atoms with Gasteiger partial charge in [-0.05, 0) is 0 Å². The van der Waals surface area contributed by atoms with Crippen molar-refractivity contribution in [2.24, 2.45) is 0 Å². The molecule has 2 aromatic rings. The van der Waals surface area contributed by atoms with Gasteiger partial charge in [0.15, 0.2) is 0 Å². The largest absolute Gasteiger partial charge is 0.280 e. The quantitative estimate of drug-likeness (QED) is 0.199. The second kappa shape index (κ2) is 11.7. The Morgan fingerprint density at radius 2 is 1.19 bits per heavy atom. The van der Waals surface area contributed by atoms with Crippen molar-refractivity contribution in [3.63, 3.8) is 0 Å². The minimum Gasteiger partial charge on any atom is -0.280 e. The van der Waals surface area contributed by atoms with Gasteiger partial charge >= 0.3 is 0 Å². The third-order valence-corrected chi connectivity index (χ3v) is 5.02. The summed E-state index contributed by atoms with van der Waals surface area (Å²) >= 11 is 10.8. The van der Waals surface area contributed by atoms with Crippen molar-refractivity contribution in [1.29, 1.82) is 0 Å². The molecule has 31 heavy (non-hydrogen) atoms. The Balaban J connectivity index is 2.09. The first-order valence-corrected chi connectivity index (χ1v) is 9.93. The lowest BCUT2D eigenvalue weighted by Gasteiger charge is -2.24. The maximum absolute atomic E-state index is 12.8. The summed E-state index contributed by atoms with van der Waals surface area (Å²) in [5.41, 5.74) is 8.80. The number of rotatable bonds is 6. The second-order valence-corrected chi connectivity index (χ2v) is 7.00. The van der Waals surface area contributed by atoms with Crippen LogP contribution in [-0.2, 0) is 14.4 Å². The van der Waals surface area contributed by atoms with E-state index in [1.54, 1.807) is 14.1 Å². The lowest BCUT2D eigenvalue weighted by atomic mass is 10.2. The minimum absolute atomic E-state index is 0.243. The number of nitrogens with one attached hydrogen (secondary N) is 3. The summed E-state index contributed by atoms with van der Waals surface area (Å²) in [4.78, 5) is 31.1. The molecule has 8 nitrogen and oxygen atoms in total. The van der Waals surface area contributed by atoms with E-state index >= 15 is 0 Å². The zero-order valence-corrected chi connectivity index (χ0v) is 18.9. The Morgan fingerprint density at radius 1 is 0.806 bits per heavy atom. The Labute approximate surface area is 191 Å². The molecule has 0 saturated heterocycles. The number of carbonyl (C=O) groups is 2. The summed E-state index contributed by atoms with van der Waals surface area (Å²) in [6.07, 6.45) is 1.14. The molecule has 0 bridgehead atoms. The molecule has 0 radical (unpaired) electrons. The van der Waals surface area contributed by atoms with Crippen LogP contribution in [0.25, 0.3) is 0 Å². The van der Waals surface area contributed by atoms with Gasteiger partial charge in [-0.1, -0.05) is 85.1 Å². The van der Waals surface area contributed by atoms with Crippen LogP contribution in [0.1, 0.15) is 11.1 Å². The average molecular weight is 458 g/mol. The van der Waals surface area contributed by atoms with Crippen molar-refractivity contribution in [1.82, 2.24) is 26.3 Å². The van der Waals surface area contributed by atoms with Crippen molar-refractivity contribution < 1.29 is 14.4 Å². The highest BCUT2D eigenvalue weighted by Gasteiger charge is 2.22. The topological polar surface area (TPSA) is 85.9 Å². The van der Waals surface area contributed by atoms with Gasteiger partial charge < -0.3 is 0 Å². The van der Waals surface area contributed by atoms with E-state index in [0.717, 1.165) is 17.3 Å². The van der Waals surface area contributed by atoms with Crippen molar-refractivity contribution in [2.75, 3.05) is 21.2 Å². The number of hydrogen-bond acceptors (Lipinski definition) is 6. The molecule has 3 N–H and O–H groups in total. The molecule has 0 aromatic heterocycles. The van der Waals surface area contributed by atoms with Gasteiger partial charge in [0, 0.05) is 31.4 Å². The van der Waals surface area contributed by atoms with Gasteiger partial charge in [-0.3, -0.25) is 40.8 Å². The number of benzene rings is 2. The van der Waals surface area contributed by atoms with Gasteiger partial charge in [0.1, 0.15) is 15.6 Å². The van der Waals surface area contributed by atoms with Crippen LogP contribution >= 0.6 is 24.4 Å². The van der Waals surface area contributed by atoms with Crippen molar-refractivity contribution in [3.8, 4) is 0 Å². The zero-order chi connectivity index (χ0) is 22.8. The van der Waals surface area contributed by atoms with E-state index in [0.29, 0.717) is 9.98 Å². The third kappa shape index (κ3) is 6.85. The standard InChI is InChI=1S/C21H23N5O3S2/c1-25(20(30)15-10-6-4-7-11-15)23-18(27)17(14-22-29-3)19(28)24-26(2)21(31)16-12-8-5-9-13-16/h4-14,22H,1-3H3,(H,23,27)(H,24,28). The number of amides is 2. The summed E-state index contributed by atoms with van der Waals surface area (Å²) in [7, 11) is 4.53. The molecule has 0 saturated carbocycles. The normalized spacial score (nSPS) is 9.77. The zero-order valence-electron chi connectivity index (χ0n) is 17.3. The van der Waals surface area contributed by atoms with Gasteiger partial charge in [0.25, 0.3) is 11.8 Å². The first-order valence-electron chi connectivity index (χ1n) is 9.12. The molecule has 2 rings (SSSR count). The van der Waals surface area contributed by atoms with Crippen LogP contribution in [0.4, 0.5) is 0 Å². The third-order valence-electron chi connectivity index (χ3n) is 4.00. The fraction of sp³-hybridized carbons (Fsp3) is 0.143. The molecule has 10 heteroatoms. The lowest BCUT2D eigenvalue weighted by molar-refractivity contribution is -0.126. The summed E-state index contributed by atoms with van der Waals surface area (Å²) in [6.45, 7) is 0. The van der Waals surface area contributed by atoms with E-state index < -0.39 is 11.8 Å². The van der Waals surface area contributed by atoms with Gasteiger partial charge in [0.05, 0.1) is 7.11 Å². The first kappa shape index (κ1) is 23.9. The number of hydrogen-bond donors (Lipinski definition) is 3. The molecule has 0 unspecified atom stereocenters. The molecule has 0 fully saturated rings. The summed E-state index contributed by atoms with van der Waals surface area (Å²) in [6, 6.07) is 18.4. The van der Waals surface area contributed by atoms with Crippen LogP contribution in [0, 0.1) is 0 Å². The van der Waals surface area contributed by atoms with E-state index in [-0.39, 0.29) is 5.57 Å². The maximum atomic E-state index is 12.8. The highest BCUT2D eigenvalue weighted by Crippen LogP contribution is 2.06. The number of hydroxylamine groups is 1. The Hall–Kier alpha value is -3.34. The summed E-state index contributed by atoms with van der Waals surface area (Å²) < 4.78 is 0. The highest BCUT2D eigenvalue weighted by atomic mass is 32.1. The number of thiocarbonyl (C=S) groups is 2. The molecule has 0 atom stereocenters. The van der Waals surface area contributed by atoms with Gasteiger partial charge in [-0.25, -0.2) is 0 Å². The highest BCUT2D eigenvalue weighted by molar-refractivity contribution is 7.80. The van der Waals surface area contributed by atoms with Crippen molar-refractivity contribution in [2.45, 2.75) is 0 Å². The number of nitrogens with zero attached hydrogens (tertiary/aromatic N) is 2. The molecule has 0 heterocycles. The van der Waals surface area contributed by atoms with Gasteiger partial charge in [-0.15, -0.1) is 0 Å². The summed E-state index contributed by atoms with van der Waals surface area (Å²) in [5.74, 6) is -1.39. The van der Waals surface area contributed by atoms with Gasteiger partial charge in [0.2, 0.25) is 0 Å². The van der Waals surface area contributed by atoms with E-state index in [1.807, 2.05) is 60.7 Å². The molecule has 0 spiro atoms. The average Bonchev–Trinajstić information content (AvgIpc) is 2.79. The summed E-state index contributed by atoms with van der Waals surface area (Å²) in [5, 5.41) is 2.72. The molecular weight excluding hydrogens is 434 g/mol. The monoisotopic (exact) mass is 457 g/mol. The molecule has 0 aliphatic carbocycles. The van der Waals surface area contributed by atoms with Gasteiger partial charge in [-0.2, -0.15) is 0 Å². The van der Waals surface area contributed by atoms with Crippen molar-refractivity contribution >= 4 is 46.2 Å². The minimum atomic E-state index is -0.693. The molecule has 0 aliphatic heterocycles. The van der Waals surface area contributed by atoms with E-state index in [9.17, 15) is 9.59 Å². The van der Waals surface area contributed by atoms with Crippen LogP contribution in [0.5, 0.6) is 0 Å². The first-order chi connectivity index (χ1) is 14.8. The van der Waals surface area contributed by atoms with Crippen LogP contribution in [-0.4, -0.2) is 53.0 Å². The fourth-order valence-corrected chi connectivity index (χ4v) is 2.79.